The minimum atomic E-state index is -0.992. The summed E-state index contributed by atoms with van der Waals surface area (Å²) >= 11 is 0. The monoisotopic (exact) mass is 409 g/mol. The van der Waals surface area contributed by atoms with Crippen molar-refractivity contribution in [3.8, 4) is 5.75 Å². The molecule has 2 aromatic rings. The van der Waals surface area contributed by atoms with Crippen LogP contribution in [0.1, 0.15) is 30.1 Å². The molecule has 8 heteroatoms. The van der Waals surface area contributed by atoms with Crippen molar-refractivity contribution in [3.63, 3.8) is 0 Å². The smallest absolute Gasteiger partial charge is 0.338 e. The van der Waals surface area contributed by atoms with Gasteiger partial charge in [0.05, 0.1) is 24.0 Å². The van der Waals surface area contributed by atoms with E-state index in [1.54, 1.807) is 43.5 Å². The largest absolute Gasteiger partial charge is 0.497 e. The predicted octanol–water partition coefficient (Wildman–Crippen LogP) is 2.80. The zero-order chi connectivity index (χ0) is 21.3. The molecule has 2 heterocycles. The molecule has 2 aromatic carbocycles. The van der Waals surface area contributed by atoms with Gasteiger partial charge < -0.3 is 25.0 Å². The molecule has 2 amide bonds. The van der Waals surface area contributed by atoms with Crippen LogP contribution in [0.4, 0.5) is 17.1 Å². The molecular formula is C22H23N3O5. The van der Waals surface area contributed by atoms with Crippen molar-refractivity contribution >= 4 is 34.8 Å². The maximum Gasteiger partial charge on any atom is 0.338 e. The summed E-state index contributed by atoms with van der Waals surface area (Å²) in [4.78, 5) is 39.2. The van der Waals surface area contributed by atoms with Gasteiger partial charge in [0.25, 0.3) is 5.91 Å². The highest BCUT2D eigenvalue weighted by molar-refractivity contribution is 6.05. The van der Waals surface area contributed by atoms with Crippen molar-refractivity contribution in [1.82, 2.24) is 0 Å². The lowest BCUT2D eigenvalue weighted by atomic mass is 10.1. The van der Waals surface area contributed by atoms with E-state index in [0.717, 1.165) is 25.1 Å². The second-order valence-electron chi connectivity index (χ2n) is 7.34. The van der Waals surface area contributed by atoms with E-state index in [9.17, 15) is 14.4 Å². The Morgan fingerprint density at radius 1 is 1.20 bits per heavy atom. The molecule has 0 aromatic heterocycles. The predicted molar refractivity (Wildman–Crippen MR) is 112 cm³/mol. The number of ether oxygens (including phenoxy) is 2. The first-order valence-electron chi connectivity index (χ1n) is 9.83. The average molecular weight is 409 g/mol. The Balaban J connectivity index is 1.41. The SMILES string of the molecule is COc1ccc(NC(=O)[C@H](C)OC(=O)c2ccc3c(c2)NC(=O)[C@H]2CCCN32)cc1. The van der Waals surface area contributed by atoms with Gasteiger partial charge in [-0.1, -0.05) is 0 Å². The molecule has 156 valence electrons. The molecule has 4 rings (SSSR count). The van der Waals surface area contributed by atoms with Crippen molar-refractivity contribution in [2.75, 3.05) is 29.2 Å². The number of rotatable bonds is 5. The van der Waals surface area contributed by atoms with Crippen LogP contribution >= 0.6 is 0 Å². The minimum absolute atomic E-state index is 0.0576. The summed E-state index contributed by atoms with van der Waals surface area (Å²) in [6, 6.07) is 11.8. The lowest BCUT2D eigenvalue weighted by Gasteiger charge is -2.33. The van der Waals surface area contributed by atoms with E-state index in [1.807, 2.05) is 6.07 Å². The van der Waals surface area contributed by atoms with E-state index in [2.05, 4.69) is 15.5 Å². The quantitative estimate of drug-likeness (QED) is 0.737. The molecule has 2 aliphatic heterocycles. The normalized spacial score (nSPS) is 18.0. The highest BCUT2D eigenvalue weighted by Crippen LogP contribution is 2.37. The number of carbonyl (C=O) groups excluding carboxylic acids is 3. The third-order valence-corrected chi connectivity index (χ3v) is 5.37. The van der Waals surface area contributed by atoms with Crippen molar-refractivity contribution in [2.24, 2.45) is 0 Å². The van der Waals surface area contributed by atoms with Crippen molar-refractivity contribution < 1.29 is 23.9 Å². The number of benzene rings is 2. The van der Waals surface area contributed by atoms with Gasteiger partial charge in [-0.2, -0.15) is 0 Å². The van der Waals surface area contributed by atoms with E-state index in [-0.39, 0.29) is 17.5 Å². The maximum atomic E-state index is 12.5. The maximum absolute atomic E-state index is 12.5. The molecular weight excluding hydrogens is 386 g/mol. The van der Waals surface area contributed by atoms with Crippen LogP contribution in [0, 0.1) is 0 Å². The zero-order valence-electron chi connectivity index (χ0n) is 16.8. The third-order valence-electron chi connectivity index (χ3n) is 5.37. The molecule has 0 saturated carbocycles. The van der Waals surface area contributed by atoms with Crippen LogP contribution in [-0.2, 0) is 14.3 Å². The van der Waals surface area contributed by atoms with E-state index < -0.39 is 18.0 Å². The summed E-state index contributed by atoms with van der Waals surface area (Å²) in [5.41, 5.74) is 2.33. The van der Waals surface area contributed by atoms with Crippen LogP contribution in [0.5, 0.6) is 5.75 Å². The van der Waals surface area contributed by atoms with Crippen molar-refractivity contribution in [1.29, 1.82) is 0 Å². The molecule has 2 N–H and O–H groups in total. The number of esters is 1. The van der Waals surface area contributed by atoms with Crippen molar-refractivity contribution in [3.05, 3.63) is 48.0 Å². The van der Waals surface area contributed by atoms with Crippen LogP contribution in [0.2, 0.25) is 0 Å². The Hall–Kier alpha value is -3.55. The number of anilines is 3. The number of amides is 2. The number of nitrogens with zero attached hydrogens (tertiary/aromatic N) is 1. The lowest BCUT2D eigenvalue weighted by molar-refractivity contribution is -0.123. The summed E-state index contributed by atoms with van der Waals surface area (Å²) in [5, 5.41) is 5.56. The second kappa shape index (κ2) is 8.06. The van der Waals surface area contributed by atoms with Gasteiger partial charge in [-0.25, -0.2) is 4.79 Å². The third kappa shape index (κ3) is 3.80. The van der Waals surface area contributed by atoms with Gasteiger partial charge >= 0.3 is 5.97 Å². The summed E-state index contributed by atoms with van der Waals surface area (Å²) in [6.07, 6.45) is 0.797. The van der Waals surface area contributed by atoms with Crippen LogP contribution in [-0.4, -0.2) is 43.6 Å². The molecule has 2 aliphatic rings. The molecule has 0 bridgehead atoms. The van der Waals surface area contributed by atoms with E-state index >= 15 is 0 Å². The number of nitrogens with one attached hydrogen (secondary N) is 2. The molecule has 0 radical (unpaired) electrons. The van der Waals surface area contributed by atoms with Gasteiger partial charge in [-0.15, -0.1) is 0 Å². The standard InChI is InChI=1S/C22H23N3O5/c1-13(20(26)23-15-6-8-16(29-2)9-7-15)30-22(28)14-5-10-18-17(12-14)24-21(27)19-4-3-11-25(18)19/h5-10,12-13,19H,3-4,11H2,1-2H3,(H,23,26)(H,24,27)/t13-,19+/m0/s1. The Morgan fingerprint density at radius 3 is 2.70 bits per heavy atom. The van der Waals surface area contributed by atoms with Gasteiger partial charge in [0.1, 0.15) is 11.8 Å². The van der Waals surface area contributed by atoms with Gasteiger partial charge in [0, 0.05) is 12.2 Å². The zero-order valence-corrected chi connectivity index (χ0v) is 16.8. The highest BCUT2D eigenvalue weighted by Gasteiger charge is 2.36. The number of carbonyl (C=O) groups is 3. The molecule has 1 saturated heterocycles. The van der Waals surface area contributed by atoms with E-state index in [4.69, 9.17) is 9.47 Å². The molecule has 8 nitrogen and oxygen atoms in total. The molecule has 30 heavy (non-hydrogen) atoms. The fourth-order valence-corrected chi connectivity index (χ4v) is 3.76. The number of methoxy groups -OCH3 is 1. The van der Waals surface area contributed by atoms with E-state index in [1.165, 1.54) is 6.92 Å². The highest BCUT2D eigenvalue weighted by atomic mass is 16.5. The van der Waals surface area contributed by atoms with Crippen LogP contribution in [0.15, 0.2) is 42.5 Å². The number of hydrogen-bond donors (Lipinski definition) is 2. The second-order valence-corrected chi connectivity index (χ2v) is 7.34. The summed E-state index contributed by atoms with van der Waals surface area (Å²) in [7, 11) is 1.56. The first kappa shape index (κ1) is 19.8. The first-order chi connectivity index (χ1) is 14.5. The van der Waals surface area contributed by atoms with Gasteiger partial charge in [0.2, 0.25) is 5.91 Å². The lowest BCUT2D eigenvalue weighted by Crippen LogP contribution is -2.43. The first-order valence-corrected chi connectivity index (χ1v) is 9.83. The molecule has 0 unspecified atom stereocenters. The topological polar surface area (TPSA) is 97.0 Å². The van der Waals surface area contributed by atoms with E-state index in [0.29, 0.717) is 17.1 Å². The summed E-state index contributed by atoms with van der Waals surface area (Å²) in [6.45, 7) is 2.32. The summed E-state index contributed by atoms with van der Waals surface area (Å²) < 4.78 is 10.4. The fourth-order valence-electron chi connectivity index (χ4n) is 3.76. The Kier molecular flexibility index (Phi) is 5.31. The Morgan fingerprint density at radius 2 is 1.97 bits per heavy atom. The fraction of sp³-hybridized carbons (Fsp3) is 0.318. The molecule has 0 aliphatic carbocycles. The molecule has 1 fully saturated rings. The average Bonchev–Trinajstić information content (AvgIpc) is 3.24. The minimum Gasteiger partial charge on any atom is -0.497 e. The van der Waals surface area contributed by atoms with Crippen LogP contribution < -0.4 is 20.3 Å². The molecule has 0 spiro atoms. The van der Waals surface area contributed by atoms with Crippen LogP contribution in [0.3, 0.4) is 0 Å². The number of hydrogen-bond acceptors (Lipinski definition) is 6. The molecule has 2 atom stereocenters. The van der Waals surface area contributed by atoms with Gasteiger partial charge in [-0.3, -0.25) is 9.59 Å². The summed E-state index contributed by atoms with van der Waals surface area (Å²) in [5.74, 6) is -0.461. The van der Waals surface area contributed by atoms with Gasteiger partial charge in [0.15, 0.2) is 6.10 Å². The Bertz CT molecular complexity index is 989. The Labute approximate surface area is 174 Å². The number of fused-ring (bicyclic) bond motifs is 3. The van der Waals surface area contributed by atoms with Crippen molar-refractivity contribution in [2.45, 2.75) is 31.9 Å². The van der Waals surface area contributed by atoms with Crippen LogP contribution in [0.25, 0.3) is 0 Å². The van der Waals surface area contributed by atoms with Gasteiger partial charge in [-0.05, 0) is 62.2 Å².